The van der Waals surface area contributed by atoms with Gasteiger partial charge in [0.05, 0.1) is 29.3 Å². The maximum Gasteiger partial charge on any atom is 0.286 e. The first-order valence-corrected chi connectivity index (χ1v) is 7.91. The normalized spacial score (nSPS) is 12.5. The number of imidazole rings is 1. The van der Waals surface area contributed by atoms with Gasteiger partial charge in [-0.1, -0.05) is 23.7 Å². The molecule has 0 saturated carbocycles. The molecule has 0 amide bonds. The fourth-order valence-corrected chi connectivity index (χ4v) is 2.96. The molecular formula is C17H16ClN5O. The minimum Gasteiger partial charge on any atom is -0.330 e. The van der Waals surface area contributed by atoms with Gasteiger partial charge < -0.3 is 4.57 Å². The number of benzene rings is 1. The smallest absolute Gasteiger partial charge is 0.286 e. The molecule has 0 saturated heterocycles. The highest BCUT2D eigenvalue weighted by atomic mass is 35.5. The van der Waals surface area contributed by atoms with Crippen molar-refractivity contribution in [1.29, 1.82) is 5.26 Å². The Labute approximate surface area is 143 Å². The third-order valence-corrected chi connectivity index (χ3v) is 4.36. The van der Waals surface area contributed by atoms with E-state index in [0.29, 0.717) is 11.4 Å². The number of nitriles is 1. The van der Waals surface area contributed by atoms with E-state index in [1.807, 2.05) is 49.7 Å². The molecule has 122 valence electrons. The van der Waals surface area contributed by atoms with Crippen molar-refractivity contribution in [1.82, 2.24) is 19.3 Å². The monoisotopic (exact) mass is 341 g/mol. The summed E-state index contributed by atoms with van der Waals surface area (Å²) < 4.78 is 3.14. The van der Waals surface area contributed by atoms with Crippen LogP contribution < -0.4 is 5.56 Å². The number of hydrogen-bond donors (Lipinski definition) is 0. The van der Waals surface area contributed by atoms with Crippen LogP contribution in [0.15, 0.2) is 35.3 Å². The minimum absolute atomic E-state index is 0.0114. The van der Waals surface area contributed by atoms with E-state index in [1.54, 1.807) is 0 Å². The Bertz CT molecular complexity index is 1010. The summed E-state index contributed by atoms with van der Waals surface area (Å²) in [6.45, 7) is 3.69. The van der Waals surface area contributed by atoms with E-state index in [0.717, 1.165) is 11.0 Å². The molecule has 0 aliphatic rings. The number of fused-ring (bicyclic) bond motifs is 1. The zero-order valence-corrected chi connectivity index (χ0v) is 14.3. The fraction of sp³-hybridized carbons (Fsp3) is 0.294. The topological polar surface area (TPSA) is 76.5 Å². The molecule has 24 heavy (non-hydrogen) atoms. The van der Waals surface area contributed by atoms with Crippen LogP contribution in [0, 0.1) is 11.3 Å². The number of para-hydroxylation sites is 2. The second kappa shape index (κ2) is 6.10. The predicted molar refractivity (Wildman–Crippen MR) is 92.1 cm³/mol. The van der Waals surface area contributed by atoms with Gasteiger partial charge in [0, 0.05) is 12.6 Å². The van der Waals surface area contributed by atoms with Gasteiger partial charge in [-0.3, -0.25) is 4.79 Å². The molecule has 2 heterocycles. The maximum absolute atomic E-state index is 12.4. The highest BCUT2D eigenvalue weighted by Crippen LogP contribution is 2.29. The average molecular weight is 342 g/mol. The molecule has 0 spiro atoms. The van der Waals surface area contributed by atoms with E-state index in [9.17, 15) is 10.1 Å². The van der Waals surface area contributed by atoms with E-state index < -0.39 is 11.5 Å². The molecule has 1 atom stereocenters. The lowest BCUT2D eigenvalue weighted by molar-refractivity contribution is 0.500. The molecule has 2 aromatic heterocycles. The Morgan fingerprint density at radius 1 is 1.29 bits per heavy atom. The second-order valence-electron chi connectivity index (χ2n) is 5.84. The Hall–Kier alpha value is -2.65. The molecular weight excluding hydrogens is 326 g/mol. The summed E-state index contributed by atoms with van der Waals surface area (Å²) >= 11 is 6.26. The van der Waals surface area contributed by atoms with E-state index >= 15 is 0 Å². The molecule has 0 aliphatic heterocycles. The van der Waals surface area contributed by atoms with Crippen molar-refractivity contribution < 1.29 is 0 Å². The van der Waals surface area contributed by atoms with Gasteiger partial charge in [-0.05, 0) is 26.0 Å². The molecule has 0 N–H and O–H groups in total. The molecule has 1 aromatic carbocycles. The summed E-state index contributed by atoms with van der Waals surface area (Å²) in [7, 11) is 1.84. The highest BCUT2D eigenvalue weighted by Gasteiger charge is 2.25. The maximum atomic E-state index is 12.4. The van der Waals surface area contributed by atoms with Crippen molar-refractivity contribution in [3.63, 3.8) is 0 Å². The van der Waals surface area contributed by atoms with Crippen molar-refractivity contribution in [3.8, 4) is 6.07 Å². The van der Waals surface area contributed by atoms with Gasteiger partial charge in [0.1, 0.15) is 16.8 Å². The molecule has 0 radical (unpaired) electrons. The number of nitrogens with zero attached hydrogens (tertiary/aromatic N) is 5. The Morgan fingerprint density at radius 2 is 2.00 bits per heavy atom. The summed E-state index contributed by atoms with van der Waals surface area (Å²) in [6, 6.07) is 9.69. The lowest BCUT2D eigenvalue weighted by atomic mass is 10.0. The van der Waals surface area contributed by atoms with Crippen LogP contribution in [-0.4, -0.2) is 19.3 Å². The van der Waals surface area contributed by atoms with Gasteiger partial charge >= 0.3 is 0 Å². The standard InChI is InChI=1S/C17H16ClN5O/c1-10(2)23-17(24)15(18)12(9-20-23)11(8-19)16-21-13-6-4-5-7-14(13)22(16)3/h4-7,9-11H,1-3H3/t11-/m1/s1. The van der Waals surface area contributed by atoms with Gasteiger partial charge in [0.2, 0.25) is 0 Å². The van der Waals surface area contributed by atoms with Crippen LogP contribution in [0.4, 0.5) is 0 Å². The van der Waals surface area contributed by atoms with Crippen molar-refractivity contribution in [2.45, 2.75) is 25.8 Å². The van der Waals surface area contributed by atoms with Crippen molar-refractivity contribution in [3.05, 3.63) is 57.2 Å². The van der Waals surface area contributed by atoms with Gasteiger partial charge in [-0.25, -0.2) is 9.67 Å². The molecule has 3 rings (SSSR count). The lowest BCUT2D eigenvalue weighted by Crippen LogP contribution is -2.26. The number of aryl methyl sites for hydroxylation is 1. The van der Waals surface area contributed by atoms with Crippen molar-refractivity contribution in [2.75, 3.05) is 0 Å². The van der Waals surface area contributed by atoms with Crippen molar-refractivity contribution in [2.24, 2.45) is 7.05 Å². The van der Waals surface area contributed by atoms with Gasteiger partial charge in [-0.15, -0.1) is 0 Å². The predicted octanol–water partition coefficient (Wildman–Crippen LogP) is 3.02. The largest absolute Gasteiger partial charge is 0.330 e. The SMILES string of the molecule is CC(C)n1ncc([C@@H](C#N)c2nc3ccccc3n2C)c(Cl)c1=O. The third-order valence-electron chi connectivity index (χ3n) is 3.98. The van der Waals surface area contributed by atoms with Crippen LogP contribution in [0.1, 0.15) is 37.2 Å². The third kappa shape index (κ3) is 2.47. The molecule has 0 aliphatic carbocycles. The average Bonchev–Trinajstić information content (AvgIpc) is 2.89. The zero-order chi connectivity index (χ0) is 17.4. The molecule has 0 fully saturated rings. The quantitative estimate of drug-likeness (QED) is 0.733. The molecule has 6 nitrogen and oxygen atoms in total. The first-order valence-electron chi connectivity index (χ1n) is 7.54. The summed E-state index contributed by atoms with van der Waals surface area (Å²) in [4.78, 5) is 16.9. The number of aromatic nitrogens is 4. The van der Waals surface area contributed by atoms with Gasteiger partial charge in [-0.2, -0.15) is 10.4 Å². The summed E-state index contributed by atoms with van der Waals surface area (Å²) in [6.07, 6.45) is 1.48. The van der Waals surface area contributed by atoms with E-state index in [1.165, 1.54) is 10.9 Å². The number of rotatable bonds is 3. The summed E-state index contributed by atoms with van der Waals surface area (Å²) in [5.41, 5.74) is 1.67. The number of halogens is 1. The highest BCUT2D eigenvalue weighted by molar-refractivity contribution is 6.31. The Kier molecular flexibility index (Phi) is 4.12. The van der Waals surface area contributed by atoms with Gasteiger partial charge in [0.15, 0.2) is 0 Å². The van der Waals surface area contributed by atoms with E-state index in [4.69, 9.17) is 11.6 Å². The summed E-state index contributed by atoms with van der Waals surface area (Å²) in [5.74, 6) is -0.235. The second-order valence-corrected chi connectivity index (χ2v) is 6.22. The Balaban J connectivity index is 2.19. The molecule has 0 unspecified atom stereocenters. The molecule has 0 bridgehead atoms. The molecule has 3 aromatic rings. The van der Waals surface area contributed by atoms with Crippen LogP contribution in [-0.2, 0) is 7.05 Å². The van der Waals surface area contributed by atoms with Crippen LogP contribution in [0.5, 0.6) is 0 Å². The number of hydrogen-bond acceptors (Lipinski definition) is 4. The Morgan fingerprint density at radius 3 is 2.62 bits per heavy atom. The fourth-order valence-electron chi connectivity index (χ4n) is 2.72. The lowest BCUT2D eigenvalue weighted by Gasteiger charge is -2.14. The van der Waals surface area contributed by atoms with Crippen LogP contribution in [0.2, 0.25) is 5.02 Å². The van der Waals surface area contributed by atoms with E-state index in [-0.39, 0.29) is 11.1 Å². The van der Waals surface area contributed by atoms with Gasteiger partial charge in [0.25, 0.3) is 5.56 Å². The summed E-state index contributed by atoms with van der Waals surface area (Å²) in [5, 5.41) is 13.8. The first kappa shape index (κ1) is 16.2. The zero-order valence-electron chi connectivity index (χ0n) is 13.6. The van der Waals surface area contributed by atoms with Crippen LogP contribution >= 0.6 is 11.6 Å². The molecule has 7 heteroatoms. The van der Waals surface area contributed by atoms with Crippen LogP contribution in [0.25, 0.3) is 11.0 Å². The van der Waals surface area contributed by atoms with Crippen LogP contribution in [0.3, 0.4) is 0 Å². The van der Waals surface area contributed by atoms with Crippen molar-refractivity contribution >= 4 is 22.6 Å². The first-order chi connectivity index (χ1) is 11.5. The van der Waals surface area contributed by atoms with E-state index in [2.05, 4.69) is 16.2 Å². The minimum atomic E-state index is -0.767.